The highest BCUT2D eigenvalue weighted by Gasteiger charge is 2.26. The number of amides is 1. The lowest BCUT2D eigenvalue weighted by Gasteiger charge is -2.30. The van der Waals surface area contributed by atoms with Gasteiger partial charge in [0.05, 0.1) is 6.54 Å². The fourth-order valence-electron chi connectivity index (χ4n) is 5.30. The SMILES string of the molecule is O=C(NCc1cccc(CN2CCCCCC2)c1)C1CCN(Cc2nc(-c3ccc(Br)cc3)no2)CC1. The Hall–Kier alpha value is -2.55. The van der Waals surface area contributed by atoms with E-state index in [1.54, 1.807) is 0 Å². The molecule has 0 unspecified atom stereocenters. The molecule has 0 saturated carbocycles. The molecule has 1 amide bonds. The molecule has 2 saturated heterocycles. The lowest BCUT2D eigenvalue weighted by Crippen LogP contribution is -2.40. The molecule has 2 aromatic carbocycles. The zero-order chi connectivity index (χ0) is 25.5. The molecule has 0 radical (unpaired) electrons. The van der Waals surface area contributed by atoms with Gasteiger partial charge in [-0.25, -0.2) is 0 Å². The maximum atomic E-state index is 12.9. The number of aromatic nitrogens is 2. The van der Waals surface area contributed by atoms with Gasteiger partial charge in [0.15, 0.2) is 0 Å². The number of benzene rings is 2. The third-order valence-corrected chi connectivity index (χ3v) is 7.98. The second-order valence-electron chi connectivity index (χ2n) is 10.3. The summed E-state index contributed by atoms with van der Waals surface area (Å²) < 4.78 is 6.50. The molecule has 1 N–H and O–H groups in total. The van der Waals surface area contributed by atoms with Crippen LogP contribution >= 0.6 is 15.9 Å². The van der Waals surface area contributed by atoms with E-state index in [1.165, 1.54) is 49.9 Å². The van der Waals surface area contributed by atoms with E-state index >= 15 is 0 Å². The fourth-order valence-corrected chi connectivity index (χ4v) is 5.57. The number of hydrogen-bond donors (Lipinski definition) is 1. The fraction of sp³-hybridized carbons (Fsp3) is 0.483. The normalized spacial score (nSPS) is 18.0. The van der Waals surface area contributed by atoms with Gasteiger partial charge >= 0.3 is 0 Å². The summed E-state index contributed by atoms with van der Waals surface area (Å²) in [6.07, 6.45) is 6.99. The molecule has 2 aliphatic heterocycles. The molecule has 196 valence electrons. The summed E-state index contributed by atoms with van der Waals surface area (Å²) in [5.74, 6) is 1.43. The Morgan fingerprint density at radius 3 is 2.38 bits per heavy atom. The molecule has 8 heteroatoms. The van der Waals surface area contributed by atoms with Crippen molar-refractivity contribution in [1.29, 1.82) is 0 Å². The lowest BCUT2D eigenvalue weighted by atomic mass is 9.96. The Bertz CT molecular complexity index is 1150. The summed E-state index contributed by atoms with van der Waals surface area (Å²) in [4.78, 5) is 22.3. The van der Waals surface area contributed by atoms with E-state index in [-0.39, 0.29) is 11.8 Å². The topological polar surface area (TPSA) is 74.5 Å². The molecule has 3 heterocycles. The van der Waals surface area contributed by atoms with Crippen molar-refractivity contribution in [3.63, 3.8) is 0 Å². The first-order valence-corrected chi connectivity index (χ1v) is 14.3. The molecule has 2 aliphatic rings. The van der Waals surface area contributed by atoms with Crippen molar-refractivity contribution in [3.05, 3.63) is 70.0 Å². The minimum Gasteiger partial charge on any atom is -0.352 e. The summed E-state index contributed by atoms with van der Waals surface area (Å²) >= 11 is 3.45. The van der Waals surface area contributed by atoms with Crippen molar-refractivity contribution in [2.45, 2.75) is 58.2 Å². The Kier molecular flexibility index (Phi) is 9.02. The maximum Gasteiger partial charge on any atom is 0.241 e. The summed E-state index contributed by atoms with van der Waals surface area (Å²) in [6.45, 7) is 6.29. The van der Waals surface area contributed by atoms with Crippen LogP contribution in [0.2, 0.25) is 0 Å². The molecule has 0 spiro atoms. The van der Waals surface area contributed by atoms with E-state index in [1.807, 2.05) is 24.3 Å². The van der Waals surface area contributed by atoms with Gasteiger partial charge in [-0.1, -0.05) is 58.2 Å². The zero-order valence-electron chi connectivity index (χ0n) is 21.4. The van der Waals surface area contributed by atoms with E-state index in [2.05, 4.69) is 65.5 Å². The summed E-state index contributed by atoms with van der Waals surface area (Å²) in [5.41, 5.74) is 3.45. The van der Waals surface area contributed by atoms with Crippen LogP contribution in [-0.4, -0.2) is 52.0 Å². The minimum atomic E-state index is 0.0533. The van der Waals surface area contributed by atoms with Crippen LogP contribution in [0.15, 0.2) is 57.5 Å². The Morgan fingerprint density at radius 2 is 1.62 bits per heavy atom. The average Bonchev–Trinajstić information content (AvgIpc) is 3.23. The first-order valence-electron chi connectivity index (χ1n) is 13.5. The predicted molar refractivity (Wildman–Crippen MR) is 147 cm³/mol. The van der Waals surface area contributed by atoms with Gasteiger partial charge < -0.3 is 9.84 Å². The number of nitrogens with zero attached hydrogens (tertiary/aromatic N) is 4. The molecule has 37 heavy (non-hydrogen) atoms. The van der Waals surface area contributed by atoms with Crippen LogP contribution < -0.4 is 5.32 Å². The minimum absolute atomic E-state index is 0.0533. The summed E-state index contributed by atoms with van der Waals surface area (Å²) in [7, 11) is 0. The third kappa shape index (κ3) is 7.49. The highest BCUT2D eigenvalue weighted by Crippen LogP contribution is 2.22. The van der Waals surface area contributed by atoms with Gasteiger partial charge in [0.1, 0.15) is 0 Å². The number of nitrogens with one attached hydrogen (secondary N) is 1. The molecule has 0 aliphatic carbocycles. The predicted octanol–water partition coefficient (Wildman–Crippen LogP) is 5.40. The standard InChI is InChI=1S/C29H36BrN5O2/c30-26-10-8-24(9-11-26)28-32-27(37-33-28)21-35-16-12-25(13-17-35)29(36)31-19-22-6-5-7-23(18-22)20-34-14-3-1-2-4-15-34/h5-11,18,25H,1-4,12-17,19-21H2,(H,31,36). The van der Waals surface area contributed by atoms with Gasteiger partial charge in [-0.05, 0) is 87.3 Å². The molecule has 1 aromatic heterocycles. The molecule has 5 rings (SSSR count). The van der Waals surface area contributed by atoms with E-state index in [0.717, 1.165) is 42.5 Å². The lowest BCUT2D eigenvalue weighted by molar-refractivity contribution is -0.126. The molecular weight excluding hydrogens is 530 g/mol. The third-order valence-electron chi connectivity index (χ3n) is 7.45. The van der Waals surface area contributed by atoms with Gasteiger partial charge in [0, 0.05) is 29.0 Å². The van der Waals surface area contributed by atoms with Crippen LogP contribution in [0.3, 0.4) is 0 Å². The summed E-state index contributed by atoms with van der Waals surface area (Å²) in [6, 6.07) is 16.6. The summed E-state index contributed by atoms with van der Waals surface area (Å²) in [5, 5.41) is 7.31. The molecule has 2 fully saturated rings. The van der Waals surface area contributed by atoms with E-state index < -0.39 is 0 Å². The van der Waals surface area contributed by atoms with E-state index in [0.29, 0.717) is 24.8 Å². The van der Waals surface area contributed by atoms with Gasteiger partial charge in [0.25, 0.3) is 0 Å². The first-order chi connectivity index (χ1) is 18.1. The van der Waals surface area contributed by atoms with Crippen molar-refractivity contribution in [2.75, 3.05) is 26.2 Å². The van der Waals surface area contributed by atoms with Crippen LogP contribution in [0, 0.1) is 5.92 Å². The van der Waals surface area contributed by atoms with Crippen molar-refractivity contribution < 1.29 is 9.32 Å². The van der Waals surface area contributed by atoms with Crippen molar-refractivity contribution in [3.8, 4) is 11.4 Å². The Balaban J connectivity index is 1.05. The second kappa shape index (κ2) is 12.8. The number of likely N-dealkylation sites (tertiary alicyclic amines) is 2. The first kappa shape index (κ1) is 26.1. The van der Waals surface area contributed by atoms with Gasteiger partial charge in [-0.2, -0.15) is 4.98 Å². The number of rotatable bonds is 8. The van der Waals surface area contributed by atoms with E-state index in [4.69, 9.17) is 4.52 Å². The van der Waals surface area contributed by atoms with E-state index in [9.17, 15) is 4.79 Å². The van der Waals surface area contributed by atoms with Crippen molar-refractivity contribution in [1.82, 2.24) is 25.3 Å². The van der Waals surface area contributed by atoms with Crippen molar-refractivity contribution in [2.24, 2.45) is 5.92 Å². The van der Waals surface area contributed by atoms with Crippen molar-refractivity contribution >= 4 is 21.8 Å². The zero-order valence-corrected chi connectivity index (χ0v) is 23.0. The Labute approximate surface area is 227 Å². The van der Waals surface area contributed by atoms with Crippen LogP contribution in [0.5, 0.6) is 0 Å². The highest BCUT2D eigenvalue weighted by molar-refractivity contribution is 9.10. The van der Waals surface area contributed by atoms with Crippen LogP contribution in [-0.2, 0) is 24.4 Å². The molecule has 0 atom stereocenters. The number of hydrogen-bond acceptors (Lipinski definition) is 6. The quantitative estimate of drug-likeness (QED) is 0.394. The largest absolute Gasteiger partial charge is 0.352 e. The number of halogens is 1. The maximum absolute atomic E-state index is 12.9. The van der Waals surface area contributed by atoms with Gasteiger partial charge in [0.2, 0.25) is 17.6 Å². The van der Waals surface area contributed by atoms with Crippen LogP contribution in [0.25, 0.3) is 11.4 Å². The van der Waals surface area contributed by atoms with Crippen LogP contribution in [0.1, 0.15) is 55.5 Å². The number of piperidine rings is 1. The monoisotopic (exact) mass is 565 g/mol. The molecule has 3 aromatic rings. The van der Waals surface area contributed by atoms with Crippen LogP contribution in [0.4, 0.5) is 0 Å². The molecule has 7 nitrogen and oxygen atoms in total. The van der Waals surface area contributed by atoms with Gasteiger partial charge in [-0.15, -0.1) is 0 Å². The average molecular weight is 567 g/mol. The number of carbonyl (C=O) groups excluding carboxylic acids is 1. The Morgan fingerprint density at radius 1 is 0.919 bits per heavy atom. The van der Waals surface area contributed by atoms with Gasteiger partial charge in [-0.3, -0.25) is 14.6 Å². The second-order valence-corrected chi connectivity index (χ2v) is 11.2. The molecular formula is C29H36BrN5O2. The smallest absolute Gasteiger partial charge is 0.241 e. The molecule has 0 bridgehead atoms. The number of carbonyl (C=O) groups is 1. The highest BCUT2D eigenvalue weighted by atomic mass is 79.9.